The molecule has 1 aromatic heterocycles. The molecule has 2 aromatic rings. The van der Waals surface area contributed by atoms with E-state index in [4.69, 9.17) is 14.0 Å². The van der Waals surface area contributed by atoms with Crippen molar-refractivity contribution in [3.63, 3.8) is 0 Å². The number of aromatic nitrogens is 2. The fourth-order valence-electron chi connectivity index (χ4n) is 3.47. The van der Waals surface area contributed by atoms with Gasteiger partial charge in [-0.1, -0.05) is 11.2 Å². The van der Waals surface area contributed by atoms with Gasteiger partial charge in [0.1, 0.15) is 13.2 Å². The second-order valence-corrected chi connectivity index (χ2v) is 6.49. The van der Waals surface area contributed by atoms with Gasteiger partial charge in [0.2, 0.25) is 11.8 Å². The van der Waals surface area contributed by atoms with E-state index >= 15 is 0 Å². The van der Waals surface area contributed by atoms with E-state index in [2.05, 4.69) is 10.1 Å². The number of amides is 1. The summed E-state index contributed by atoms with van der Waals surface area (Å²) in [6.45, 7) is 5.48. The number of rotatable bonds is 3. The van der Waals surface area contributed by atoms with Crippen molar-refractivity contribution in [1.82, 2.24) is 15.0 Å². The number of benzene rings is 1. The summed E-state index contributed by atoms with van der Waals surface area (Å²) in [7, 11) is 0. The van der Waals surface area contributed by atoms with Crippen molar-refractivity contribution >= 4 is 5.91 Å². The van der Waals surface area contributed by atoms with Gasteiger partial charge in [-0.25, -0.2) is 0 Å². The topological polar surface area (TPSA) is 77.7 Å². The molecule has 7 heteroatoms. The minimum absolute atomic E-state index is 0.0710. The monoisotopic (exact) mass is 343 g/mol. The van der Waals surface area contributed by atoms with E-state index < -0.39 is 0 Å². The normalized spacial score (nSPS) is 20.6. The third-order valence-electron chi connectivity index (χ3n) is 4.81. The lowest BCUT2D eigenvalue weighted by atomic mass is 9.98. The van der Waals surface area contributed by atoms with Gasteiger partial charge in [-0.05, 0) is 37.5 Å². The number of aryl methyl sites for hydroxylation is 1. The zero-order valence-corrected chi connectivity index (χ0v) is 14.4. The molecule has 7 nitrogen and oxygen atoms in total. The van der Waals surface area contributed by atoms with Gasteiger partial charge in [0.15, 0.2) is 17.3 Å². The molecular formula is C18H21N3O4. The third kappa shape index (κ3) is 2.94. The molecule has 1 saturated heterocycles. The van der Waals surface area contributed by atoms with Crippen LogP contribution in [-0.2, 0) is 4.79 Å². The summed E-state index contributed by atoms with van der Waals surface area (Å²) in [6.07, 6.45) is 1.80. The molecule has 25 heavy (non-hydrogen) atoms. The lowest BCUT2D eigenvalue weighted by Crippen LogP contribution is -2.34. The molecule has 4 rings (SSSR count). The predicted octanol–water partition coefficient (Wildman–Crippen LogP) is 2.62. The van der Waals surface area contributed by atoms with Gasteiger partial charge in [-0.15, -0.1) is 0 Å². The summed E-state index contributed by atoms with van der Waals surface area (Å²) in [6, 6.07) is 5.60. The van der Waals surface area contributed by atoms with Crippen molar-refractivity contribution in [3.05, 3.63) is 35.5 Å². The fourth-order valence-corrected chi connectivity index (χ4v) is 3.47. The molecular weight excluding hydrogens is 322 g/mol. The van der Waals surface area contributed by atoms with Gasteiger partial charge < -0.3 is 18.9 Å². The molecule has 0 saturated carbocycles. The van der Waals surface area contributed by atoms with Crippen molar-refractivity contribution < 1.29 is 18.8 Å². The molecule has 2 atom stereocenters. The van der Waals surface area contributed by atoms with E-state index in [1.165, 1.54) is 0 Å². The molecule has 0 radical (unpaired) electrons. The number of likely N-dealkylation sites (tertiary alicyclic amines) is 1. The number of nitrogens with zero attached hydrogens (tertiary/aromatic N) is 3. The molecule has 132 valence electrons. The second-order valence-electron chi connectivity index (χ2n) is 6.49. The summed E-state index contributed by atoms with van der Waals surface area (Å²) in [5, 5.41) is 4.00. The number of carbonyl (C=O) groups is 1. The highest BCUT2D eigenvalue weighted by Crippen LogP contribution is 2.36. The molecule has 0 unspecified atom stereocenters. The Kier molecular flexibility index (Phi) is 4.07. The van der Waals surface area contributed by atoms with E-state index in [9.17, 15) is 4.79 Å². The van der Waals surface area contributed by atoms with E-state index in [-0.39, 0.29) is 17.9 Å². The minimum atomic E-state index is -0.274. The Morgan fingerprint density at radius 3 is 2.84 bits per heavy atom. The summed E-state index contributed by atoms with van der Waals surface area (Å²) in [5.41, 5.74) is 0.921. The van der Waals surface area contributed by atoms with E-state index in [0.717, 1.165) is 24.2 Å². The zero-order valence-electron chi connectivity index (χ0n) is 14.4. The Bertz CT molecular complexity index is 788. The maximum atomic E-state index is 13.1. The highest BCUT2D eigenvalue weighted by molar-refractivity contribution is 5.84. The van der Waals surface area contributed by atoms with Crippen LogP contribution in [0, 0.1) is 6.92 Å². The number of fused-ring (bicyclic) bond motifs is 1. The number of ether oxygens (including phenoxy) is 2. The zero-order chi connectivity index (χ0) is 17.4. The standard InChI is InChI=1S/C18H21N3O4/c1-11(13-5-6-15-16(10-13)24-9-8-23-15)18(22)21-7-3-4-14(21)17-19-12(2)25-20-17/h5-6,10-11,14H,3-4,7-9H2,1-2H3/t11-,14+/m1/s1. The Balaban J connectivity index is 1.55. The van der Waals surface area contributed by atoms with Gasteiger partial charge in [0.25, 0.3) is 0 Å². The highest BCUT2D eigenvalue weighted by atomic mass is 16.6. The lowest BCUT2D eigenvalue weighted by Gasteiger charge is -2.26. The Morgan fingerprint density at radius 2 is 2.08 bits per heavy atom. The average molecular weight is 343 g/mol. The van der Waals surface area contributed by atoms with Crippen LogP contribution in [0.1, 0.15) is 49.0 Å². The quantitative estimate of drug-likeness (QED) is 0.852. The summed E-state index contributed by atoms with van der Waals surface area (Å²) >= 11 is 0. The average Bonchev–Trinajstić information content (AvgIpc) is 3.28. The van der Waals surface area contributed by atoms with Gasteiger partial charge in [-0.3, -0.25) is 4.79 Å². The van der Waals surface area contributed by atoms with Crippen molar-refractivity contribution in [2.45, 2.75) is 38.6 Å². The highest BCUT2D eigenvalue weighted by Gasteiger charge is 2.35. The number of carbonyl (C=O) groups excluding carboxylic acids is 1. The molecule has 3 heterocycles. The first-order chi connectivity index (χ1) is 12.1. The second kappa shape index (κ2) is 6.38. The van der Waals surface area contributed by atoms with Crippen LogP contribution in [0.25, 0.3) is 0 Å². The van der Waals surface area contributed by atoms with Crippen LogP contribution in [0.5, 0.6) is 11.5 Å². The van der Waals surface area contributed by atoms with Gasteiger partial charge in [0.05, 0.1) is 12.0 Å². The Hall–Kier alpha value is -2.57. The van der Waals surface area contributed by atoms with Crippen LogP contribution >= 0.6 is 0 Å². The first-order valence-corrected chi connectivity index (χ1v) is 8.63. The van der Waals surface area contributed by atoms with Crippen LogP contribution < -0.4 is 9.47 Å². The lowest BCUT2D eigenvalue weighted by molar-refractivity contribution is -0.133. The van der Waals surface area contributed by atoms with E-state index in [1.54, 1.807) is 6.92 Å². The fraction of sp³-hybridized carbons (Fsp3) is 0.500. The Labute approximate surface area is 145 Å². The molecule has 0 N–H and O–H groups in total. The van der Waals surface area contributed by atoms with Crippen LogP contribution in [0.15, 0.2) is 22.7 Å². The predicted molar refractivity (Wildman–Crippen MR) is 88.6 cm³/mol. The molecule has 2 aliphatic rings. The minimum Gasteiger partial charge on any atom is -0.486 e. The van der Waals surface area contributed by atoms with Gasteiger partial charge in [0, 0.05) is 13.5 Å². The molecule has 1 fully saturated rings. The number of hydrogen-bond donors (Lipinski definition) is 0. The molecule has 0 spiro atoms. The summed E-state index contributed by atoms with van der Waals surface area (Å²) < 4.78 is 16.3. The first-order valence-electron chi connectivity index (χ1n) is 8.63. The maximum absolute atomic E-state index is 13.1. The largest absolute Gasteiger partial charge is 0.486 e. The van der Waals surface area contributed by atoms with E-state index in [0.29, 0.717) is 37.2 Å². The van der Waals surface area contributed by atoms with Crippen LogP contribution in [0.3, 0.4) is 0 Å². The van der Waals surface area contributed by atoms with E-state index in [1.807, 2.05) is 30.0 Å². The summed E-state index contributed by atoms with van der Waals surface area (Å²) in [4.78, 5) is 19.2. The molecule has 0 bridgehead atoms. The SMILES string of the molecule is Cc1nc([C@@H]2CCCN2C(=O)[C@H](C)c2ccc3c(c2)OCCO3)no1. The van der Waals surface area contributed by atoms with Crippen LogP contribution in [0.4, 0.5) is 0 Å². The van der Waals surface area contributed by atoms with Crippen molar-refractivity contribution in [2.24, 2.45) is 0 Å². The van der Waals surface area contributed by atoms with Gasteiger partial charge >= 0.3 is 0 Å². The van der Waals surface area contributed by atoms with Crippen molar-refractivity contribution in [2.75, 3.05) is 19.8 Å². The van der Waals surface area contributed by atoms with Crippen molar-refractivity contribution in [3.8, 4) is 11.5 Å². The van der Waals surface area contributed by atoms with Gasteiger partial charge in [-0.2, -0.15) is 4.98 Å². The molecule has 0 aliphatic carbocycles. The first kappa shape index (κ1) is 15.9. The molecule has 2 aliphatic heterocycles. The molecule has 1 amide bonds. The van der Waals surface area contributed by atoms with Crippen molar-refractivity contribution in [1.29, 1.82) is 0 Å². The number of hydrogen-bond acceptors (Lipinski definition) is 6. The smallest absolute Gasteiger partial charge is 0.230 e. The molecule has 1 aromatic carbocycles. The maximum Gasteiger partial charge on any atom is 0.230 e. The third-order valence-corrected chi connectivity index (χ3v) is 4.81. The van der Waals surface area contributed by atoms with Crippen LogP contribution in [-0.4, -0.2) is 40.7 Å². The Morgan fingerprint density at radius 1 is 1.28 bits per heavy atom. The summed E-state index contributed by atoms with van der Waals surface area (Å²) in [5.74, 6) is 2.35. The van der Waals surface area contributed by atoms with Crippen LogP contribution in [0.2, 0.25) is 0 Å².